The summed E-state index contributed by atoms with van der Waals surface area (Å²) in [6.45, 7) is 6.76. The van der Waals surface area contributed by atoms with Gasteiger partial charge in [-0.05, 0) is 73.2 Å². The predicted octanol–water partition coefficient (Wildman–Crippen LogP) is 5.40. The molecule has 7 heteroatoms. The number of hydrogen-bond donors (Lipinski definition) is 1. The number of hydrogen-bond acceptors (Lipinski definition) is 6. The Bertz CT molecular complexity index is 954. The minimum Gasteiger partial charge on any atom is -0.493 e. The van der Waals surface area contributed by atoms with E-state index in [1.54, 1.807) is 11.8 Å². The minimum atomic E-state index is -0.976. The fourth-order valence-electron chi connectivity index (χ4n) is 4.57. The topological polar surface area (TPSA) is 68.2 Å². The number of morpholine rings is 1. The third-order valence-electron chi connectivity index (χ3n) is 6.39. The van der Waals surface area contributed by atoms with Gasteiger partial charge in [-0.15, -0.1) is 0 Å². The minimum absolute atomic E-state index is 0.335. The van der Waals surface area contributed by atoms with Gasteiger partial charge < -0.3 is 19.3 Å². The number of rotatable bonds is 10. The van der Waals surface area contributed by atoms with Gasteiger partial charge in [-0.25, -0.2) is 4.79 Å². The number of aryl methyl sites for hydroxylation is 1. The second-order valence-electron chi connectivity index (χ2n) is 9.23. The van der Waals surface area contributed by atoms with Crippen molar-refractivity contribution in [2.75, 3.05) is 39.5 Å². The Morgan fingerprint density at radius 2 is 1.85 bits per heavy atom. The van der Waals surface area contributed by atoms with Crippen molar-refractivity contribution in [1.29, 1.82) is 0 Å². The van der Waals surface area contributed by atoms with E-state index >= 15 is 0 Å². The van der Waals surface area contributed by atoms with E-state index in [0.717, 1.165) is 60.6 Å². The lowest BCUT2D eigenvalue weighted by Gasteiger charge is -2.27. The average molecular weight is 486 g/mol. The summed E-state index contributed by atoms with van der Waals surface area (Å²) in [5, 5.41) is 8.86. The van der Waals surface area contributed by atoms with Crippen LogP contribution in [-0.2, 0) is 16.1 Å². The van der Waals surface area contributed by atoms with Crippen LogP contribution in [0.4, 0.5) is 0 Å². The third-order valence-corrected chi connectivity index (χ3v) is 7.35. The molecule has 2 aromatic rings. The summed E-state index contributed by atoms with van der Waals surface area (Å²) in [7, 11) is 0. The first-order chi connectivity index (χ1) is 16.5. The number of carboxylic acid groups (broad SMARTS) is 1. The second-order valence-corrected chi connectivity index (χ2v) is 10.4. The molecular formula is C27H35NO5S. The fraction of sp³-hybridized carbons (Fsp3) is 0.519. The van der Waals surface area contributed by atoms with Gasteiger partial charge in [0.2, 0.25) is 0 Å². The van der Waals surface area contributed by atoms with Crippen LogP contribution in [0.15, 0.2) is 46.2 Å². The van der Waals surface area contributed by atoms with Crippen molar-refractivity contribution in [1.82, 2.24) is 4.90 Å². The first-order valence-electron chi connectivity index (χ1n) is 12.2. The maximum Gasteiger partial charge on any atom is 0.341 e. The normalized spacial score (nSPS) is 17.4. The van der Waals surface area contributed by atoms with Gasteiger partial charge >= 0.3 is 5.97 Å². The zero-order chi connectivity index (χ0) is 23.8. The molecule has 1 heterocycles. The molecule has 0 radical (unpaired) electrons. The van der Waals surface area contributed by atoms with Crippen molar-refractivity contribution in [2.45, 2.75) is 55.4 Å². The van der Waals surface area contributed by atoms with Gasteiger partial charge in [-0.2, -0.15) is 0 Å². The van der Waals surface area contributed by atoms with Gasteiger partial charge in [0.1, 0.15) is 11.5 Å². The van der Waals surface area contributed by atoms with Crippen LogP contribution in [0.2, 0.25) is 0 Å². The highest BCUT2D eigenvalue weighted by Gasteiger charge is 2.16. The zero-order valence-corrected chi connectivity index (χ0v) is 20.8. The molecule has 2 aromatic carbocycles. The van der Waals surface area contributed by atoms with Crippen molar-refractivity contribution in [3.63, 3.8) is 0 Å². The number of carboxylic acids is 1. The van der Waals surface area contributed by atoms with Crippen molar-refractivity contribution in [3.05, 3.63) is 47.5 Å². The quantitative estimate of drug-likeness (QED) is 0.483. The van der Waals surface area contributed by atoms with Crippen LogP contribution in [0.3, 0.4) is 0 Å². The standard InChI is InChI=1S/C27H35NO5S/c1-20-13-24(7-8-26(20)33-19-27(29)30)34-25-15-22(17-28-9-11-31-12-10-28)14-23(16-25)32-18-21-5-3-2-4-6-21/h7-8,13-16,21H,2-6,9-12,17-19H2,1H3,(H,29,30). The zero-order valence-electron chi connectivity index (χ0n) is 20.0. The van der Waals surface area contributed by atoms with Crippen molar-refractivity contribution in [3.8, 4) is 11.5 Å². The largest absolute Gasteiger partial charge is 0.493 e. The summed E-state index contributed by atoms with van der Waals surface area (Å²) < 4.78 is 17.2. The van der Waals surface area contributed by atoms with Gasteiger partial charge in [0.25, 0.3) is 0 Å². The number of benzene rings is 2. The highest BCUT2D eigenvalue weighted by Crippen LogP contribution is 2.35. The van der Waals surface area contributed by atoms with Crippen LogP contribution in [0, 0.1) is 12.8 Å². The van der Waals surface area contributed by atoms with E-state index in [0.29, 0.717) is 11.7 Å². The van der Waals surface area contributed by atoms with Gasteiger partial charge in [0, 0.05) is 29.4 Å². The van der Waals surface area contributed by atoms with Gasteiger partial charge in [0.15, 0.2) is 6.61 Å². The molecule has 1 saturated heterocycles. The van der Waals surface area contributed by atoms with Gasteiger partial charge in [-0.3, -0.25) is 4.90 Å². The van der Waals surface area contributed by atoms with Gasteiger partial charge in [0.05, 0.1) is 19.8 Å². The van der Waals surface area contributed by atoms with Crippen LogP contribution < -0.4 is 9.47 Å². The Morgan fingerprint density at radius 3 is 2.59 bits per heavy atom. The smallest absolute Gasteiger partial charge is 0.341 e. The SMILES string of the molecule is Cc1cc(Sc2cc(CN3CCOCC3)cc(OCC3CCCCC3)c2)ccc1OCC(=O)O. The molecule has 1 N–H and O–H groups in total. The molecule has 2 fully saturated rings. The van der Waals surface area contributed by atoms with E-state index in [1.807, 2.05) is 25.1 Å². The van der Waals surface area contributed by atoms with E-state index in [4.69, 9.17) is 19.3 Å². The number of ether oxygens (including phenoxy) is 3. The molecule has 1 saturated carbocycles. The van der Waals surface area contributed by atoms with Gasteiger partial charge in [-0.1, -0.05) is 31.0 Å². The lowest BCUT2D eigenvalue weighted by molar-refractivity contribution is -0.139. The molecular weight excluding hydrogens is 450 g/mol. The molecule has 6 nitrogen and oxygen atoms in total. The Balaban J connectivity index is 1.48. The molecule has 0 amide bonds. The first kappa shape index (κ1) is 24.9. The van der Waals surface area contributed by atoms with E-state index in [-0.39, 0.29) is 6.61 Å². The first-order valence-corrected chi connectivity index (χ1v) is 13.1. The van der Waals surface area contributed by atoms with Crippen LogP contribution in [0.1, 0.15) is 43.2 Å². The molecule has 0 aromatic heterocycles. The molecule has 184 valence electrons. The van der Waals surface area contributed by atoms with Crippen LogP contribution in [-0.4, -0.2) is 55.5 Å². The van der Waals surface area contributed by atoms with Crippen LogP contribution in [0.5, 0.6) is 11.5 Å². The second kappa shape index (κ2) is 12.5. The van der Waals surface area contributed by atoms with Crippen molar-refractivity contribution >= 4 is 17.7 Å². The fourth-order valence-corrected chi connectivity index (χ4v) is 5.60. The van der Waals surface area contributed by atoms with E-state index in [1.165, 1.54) is 37.7 Å². The molecule has 34 heavy (non-hydrogen) atoms. The molecule has 0 atom stereocenters. The van der Waals surface area contributed by atoms with Crippen LogP contribution >= 0.6 is 11.8 Å². The molecule has 1 aliphatic carbocycles. The molecule has 0 spiro atoms. The lowest BCUT2D eigenvalue weighted by Crippen LogP contribution is -2.35. The maximum absolute atomic E-state index is 10.8. The average Bonchev–Trinajstić information content (AvgIpc) is 2.83. The number of nitrogens with zero attached hydrogens (tertiary/aromatic N) is 1. The summed E-state index contributed by atoms with van der Waals surface area (Å²) in [5.74, 6) is 1.23. The molecule has 0 unspecified atom stereocenters. The van der Waals surface area contributed by atoms with E-state index in [9.17, 15) is 4.79 Å². The summed E-state index contributed by atoms with van der Waals surface area (Å²) in [5.41, 5.74) is 2.17. The summed E-state index contributed by atoms with van der Waals surface area (Å²) in [4.78, 5) is 15.5. The van der Waals surface area contributed by atoms with Crippen molar-refractivity contribution < 1.29 is 24.1 Å². The number of carbonyl (C=O) groups is 1. The Labute approximate surface area is 206 Å². The summed E-state index contributed by atoms with van der Waals surface area (Å²) >= 11 is 1.69. The van der Waals surface area contributed by atoms with Crippen LogP contribution in [0.25, 0.3) is 0 Å². The maximum atomic E-state index is 10.8. The highest BCUT2D eigenvalue weighted by atomic mass is 32.2. The Hall–Kier alpha value is -2.22. The van der Waals surface area contributed by atoms with E-state index in [2.05, 4.69) is 23.1 Å². The molecule has 2 aliphatic rings. The predicted molar refractivity (Wildman–Crippen MR) is 133 cm³/mol. The Kier molecular flexibility index (Phi) is 9.13. The summed E-state index contributed by atoms with van der Waals surface area (Å²) in [6, 6.07) is 12.4. The number of aliphatic carboxylic acids is 1. The third kappa shape index (κ3) is 7.65. The Morgan fingerprint density at radius 1 is 1.06 bits per heavy atom. The molecule has 4 rings (SSSR count). The van der Waals surface area contributed by atoms with E-state index < -0.39 is 5.97 Å². The summed E-state index contributed by atoms with van der Waals surface area (Å²) in [6.07, 6.45) is 6.52. The highest BCUT2D eigenvalue weighted by molar-refractivity contribution is 7.99. The monoisotopic (exact) mass is 485 g/mol. The van der Waals surface area contributed by atoms with Crippen molar-refractivity contribution in [2.24, 2.45) is 5.92 Å². The lowest BCUT2D eigenvalue weighted by atomic mass is 9.90. The molecule has 0 bridgehead atoms. The molecule has 1 aliphatic heterocycles.